The third-order valence-corrected chi connectivity index (χ3v) is 6.25. The minimum Gasteiger partial charge on any atom is -0.481 e. The maximum absolute atomic E-state index is 9.78. The maximum atomic E-state index is 9.78. The molecule has 8 nitrogen and oxygen atoms in total. The van der Waals surface area contributed by atoms with E-state index in [-0.39, 0.29) is 12.8 Å². The van der Waals surface area contributed by atoms with E-state index in [2.05, 4.69) is 13.8 Å². The van der Waals surface area contributed by atoms with Crippen molar-refractivity contribution < 1.29 is 34.1 Å². The second-order valence-electron chi connectivity index (χ2n) is 10.1. The molecule has 0 aromatic rings. The average Bonchev–Trinajstić information content (AvgIpc) is 2.91. The van der Waals surface area contributed by atoms with E-state index in [1.165, 1.54) is 103 Å². The zero-order valence-corrected chi connectivity index (χ0v) is 26.0. The Kier molecular flexibility index (Phi) is 40.0. The van der Waals surface area contributed by atoms with Crippen molar-refractivity contribution in [2.75, 3.05) is 6.61 Å². The summed E-state index contributed by atoms with van der Waals surface area (Å²) < 4.78 is 10.7. The van der Waals surface area contributed by atoms with Crippen LogP contribution in [0.3, 0.4) is 0 Å². The third-order valence-electron chi connectivity index (χ3n) is 6.25. The molecule has 0 spiro atoms. The van der Waals surface area contributed by atoms with Crippen molar-refractivity contribution in [1.82, 2.24) is 0 Å². The van der Waals surface area contributed by atoms with Crippen molar-refractivity contribution in [3.8, 4) is 0 Å². The van der Waals surface area contributed by atoms with Crippen LogP contribution in [0.1, 0.15) is 169 Å². The van der Waals surface area contributed by atoms with Gasteiger partial charge in [0, 0.05) is 19.4 Å². The summed E-state index contributed by atoms with van der Waals surface area (Å²) in [6.45, 7) is 8.26. The van der Waals surface area contributed by atoms with Crippen molar-refractivity contribution >= 4 is 19.3 Å². The Morgan fingerprint density at radius 2 is 0.923 bits per heavy atom. The summed E-state index contributed by atoms with van der Waals surface area (Å²) in [5.41, 5.74) is 5.94. The number of carbonyl (C=O) groups is 2. The molecule has 0 rings (SSSR count). The van der Waals surface area contributed by atoms with E-state index in [4.69, 9.17) is 25.3 Å². The van der Waals surface area contributed by atoms with Crippen LogP contribution >= 0.6 is 0 Å². The molecule has 0 amide bonds. The van der Waals surface area contributed by atoms with E-state index in [1.807, 2.05) is 0 Å². The van der Waals surface area contributed by atoms with E-state index < -0.39 is 25.5 Å². The summed E-state index contributed by atoms with van der Waals surface area (Å²) in [6, 6.07) is 0. The number of rotatable bonds is 26. The largest absolute Gasteiger partial charge is 0.637 e. The molecular weight excluding hydrogens is 497 g/mol. The Labute approximate surface area is 241 Å². The van der Waals surface area contributed by atoms with E-state index in [1.54, 1.807) is 13.8 Å². The summed E-state index contributed by atoms with van der Waals surface area (Å²) in [5.74, 6) is -1.49. The molecule has 0 saturated carbocycles. The van der Waals surface area contributed by atoms with Crippen LogP contribution in [0.25, 0.3) is 0 Å². The van der Waals surface area contributed by atoms with Crippen LogP contribution in [0.15, 0.2) is 0 Å². The van der Waals surface area contributed by atoms with Gasteiger partial charge in [-0.25, -0.2) is 0 Å². The first-order valence-electron chi connectivity index (χ1n) is 15.9. The fourth-order valence-corrected chi connectivity index (χ4v) is 3.69. The van der Waals surface area contributed by atoms with Gasteiger partial charge in [0.2, 0.25) is 0 Å². The lowest BCUT2D eigenvalue weighted by atomic mass is 10.1. The number of unbranched alkanes of at least 4 members (excludes halogenated alkanes) is 17. The maximum Gasteiger partial charge on any atom is 0.637 e. The predicted molar refractivity (Wildman–Crippen MR) is 163 cm³/mol. The SMILES string of the molecule is CCC(=O)O.CCC(=O)O.CCCCCCCCCCCCOB(O)OC(N)CCCCCCCCCCC. The second-order valence-corrected chi connectivity index (χ2v) is 10.1. The minimum absolute atomic E-state index is 0.222. The number of hydrogen-bond donors (Lipinski definition) is 4. The number of hydrogen-bond acceptors (Lipinski definition) is 6. The van der Waals surface area contributed by atoms with Crippen LogP contribution in [0.5, 0.6) is 0 Å². The number of nitrogens with two attached hydrogens (primary N) is 1. The summed E-state index contributed by atoms with van der Waals surface area (Å²) in [4.78, 5) is 18.7. The molecule has 0 bridgehead atoms. The van der Waals surface area contributed by atoms with Gasteiger partial charge < -0.3 is 30.3 Å². The quantitative estimate of drug-likeness (QED) is 0.0472. The number of carboxylic acids is 2. The molecule has 234 valence electrons. The van der Waals surface area contributed by atoms with Gasteiger partial charge in [0.25, 0.3) is 0 Å². The lowest BCUT2D eigenvalue weighted by Crippen LogP contribution is -2.34. The van der Waals surface area contributed by atoms with Crippen LogP contribution in [0, 0.1) is 0 Å². The van der Waals surface area contributed by atoms with Gasteiger partial charge in [-0.1, -0.05) is 137 Å². The van der Waals surface area contributed by atoms with E-state index >= 15 is 0 Å². The van der Waals surface area contributed by atoms with Crippen molar-refractivity contribution in [3.63, 3.8) is 0 Å². The van der Waals surface area contributed by atoms with Crippen molar-refractivity contribution in [1.29, 1.82) is 0 Å². The summed E-state index contributed by atoms with van der Waals surface area (Å²) in [6.07, 6.45) is 25.4. The van der Waals surface area contributed by atoms with Gasteiger partial charge >= 0.3 is 19.3 Å². The van der Waals surface area contributed by atoms with Gasteiger partial charge in [-0.15, -0.1) is 0 Å². The van der Waals surface area contributed by atoms with E-state index in [9.17, 15) is 14.6 Å². The first-order valence-corrected chi connectivity index (χ1v) is 15.9. The van der Waals surface area contributed by atoms with Gasteiger partial charge in [0.15, 0.2) is 0 Å². The minimum atomic E-state index is -1.18. The van der Waals surface area contributed by atoms with Gasteiger partial charge in [0.1, 0.15) is 0 Å². The normalized spacial score (nSPS) is 11.1. The van der Waals surface area contributed by atoms with Crippen LogP contribution in [-0.4, -0.2) is 47.3 Å². The van der Waals surface area contributed by atoms with Crippen LogP contribution < -0.4 is 5.73 Å². The van der Waals surface area contributed by atoms with Crippen LogP contribution in [0.2, 0.25) is 0 Å². The average molecular weight is 562 g/mol. The van der Waals surface area contributed by atoms with Gasteiger partial charge in [-0.3, -0.25) is 9.59 Å². The highest BCUT2D eigenvalue weighted by Gasteiger charge is 2.19. The molecule has 0 aromatic carbocycles. The highest BCUT2D eigenvalue weighted by molar-refractivity contribution is 6.34. The van der Waals surface area contributed by atoms with Gasteiger partial charge in [0.05, 0.1) is 6.23 Å². The summed E-state index contributed by atoms with van der Waals surface area (Å²) in [5, 5.41) is 25.2. The Bertz CT molecular complexity index is 484. The molecule has 1 unspecified atom stereocenters. The van der Waals surface area contributed by atoms with Crippen LogP contribution in [-0.2, 0) is 18.9 Å². The molecule has 0 radical (unpaired) electrons. The molecule has 39 heavy (non-hydrogen) atoms. The topological polar surface area (TPSA) is 139 Å². The Morgan fingerprint density at radius 1 is 0.615 bits per heavy atom. The zero-order valence-electron chi connectivity index (χ0n) is 26.0. The van der Waals surface area contributed by atoms with Crippen molar-refractivity contribution in [2.24, 2.45) is 5.73 Å². The fraction of sp³-hybridized carbons (Fsp3) is 0.933. The molecule has 0 heterocycles. The monoisotopic (exact) mass is 561 g/mol. The Hall–Kier alpha value is -1.16. The Morgan fingerprint density at radius 3 is 1.26 bits per heavy atom. The second kappa shape index (κ2) is 36.8. The van der Waals surface area contributed by atoms with E-state index in [0.717, 1.165) is 25.7 Å². The molecule has 0 aromatic heterocycles. The number of carboxylic acid groups (broad SMARTS) is 2. The molecule has 0 fully saturated rings. The molecule has 0 aliphatic heterocycles. The molecular formula is C30H64BNO7. The molecule has 0 aliphatic carbocycles. The fourth-order valence-electron chi connectivity index (χ4n) is 3.69. The molecule has 0 saturated heterocycles. The zero-order chi connectivity index (χ0) is 30.0. The molecule has 5 N–H and O–H groups in total. The van der Waals surface area contributed by atoms with Gasteiger partial charge in [-0.05, 0) is 19.3 Å². The summed E-state index contributed by atoms with van der Waals surface area (Å²) in [7, 11) is -1.18. The molecule has 0 aliphatic rings. The lowest BCUT2D eigenvalue weighted by molar-refractivity contribution is -0.137. The molecule has 9 heteroatoms. The van der Waals surface area contributed by atoms with Crippen LogP contribution in [0.4, 0.5) is 0 Å². The Balaban J connectivity index is -0.00000109. The van der Waals surface area contributed by atoms with Crippen molar-refractivity contribution in [2.45, 2.75) is 175 Å². The number of aliphatic carboxylic acids is 2. The van der Waals surface area contributed by atoms with E-state index in [0.29, 0.717) is 6.61 Å². The third kappa shape index (κ3) is 47.0. The lowest BCUT2D eigenvalue weighted by Gasteiger charge is -2.15. The molecule has 1 atom stereocenters. The first-order chi connectivity index (χ1) is 18.7. The predicted octanol–water partition coefficient (Wildman–Crippen LogP) is 8.09. The summed E-state index contributed by atoms with van der Waals surface area (Å²) >= 11 is 0. The highest BCUT2D eigenvalue weighted by atomic mass is 16.7. The standard InChI is InChI=1S/C24H52BNO3.2C3H6O2/c1-3-5-7-9-11-13-15-17-19-21-23-28-25(27)29-24(26)22-20-18-16-14-12-10-8-6-4-2;2*1-2-3(4)5/h24,27H,3-23,26H2,1-2H3;2*2H2,1H3,(H,4,5). The van der Waals surface area contributed by atoms with Crippen molar-refractivity contribution in [3.05, 3.63) is 0 Å². The van der Waals surface area contributed by atoms with Gasteiger partial charge in [-0.2, -0.15) is 0 Å². The smallest absolute Gasteiger partial charge is 0.481 e. The first kappa shape index (κ1) is 42.3. The highest BCUT2D eigenvalue weighted by Crippen LogP contribution is 2.12.